The van der Waals surface area contributed by atoms with Gasteiger partial charge in [-0.2, -0.15) is 0 Å². The van der Waals surface area contributed by atoms with Crippen molar-refractivity contribution in [1.29, 1.82) is 0 Å². The molecule has 0 radical (unpaired) electrons. The highest BCUT2D eigenvalue weighted by molar-refractivity contribution is 6.71. The molecule has 15 heteroatoms. The number of benzene rings is 3. The molecule has 52 heavy (non-hydrogen) atoms. The van der Waals surface area contributed by atoms with Crippen LogP contribution in [0.4, 0.5) is 17.1 Å². The number of para-hydroxylation sites is 1. The molecule has 270 valence electrons. The van der Waals surface area contributed by atoms with E-state index in [2.05, 4.69) is 20.6 Å². The summed E-state index contributed by atoms with van der Waals surface area (Å²) in [5, 5.41) is 33.4. The lowest BCUT2D eigenvalue weighted by Gasteiger charge is -2.32. The summed E-state index contributed by atoms with van der Waals surface area (Å²) in [6.45, 7) is 6.05. The van der Waals surface area contributed by atoms with Crippen molar-refractivity contribution in [2.45, 2.75) is 69.6 Å². The number of aromatic amines is 1. The molecule has 1 fully saturated rings. The molecule has 0 aliphatic carbocycles. The van der Waals surface area contributed by atoms with E-state index in [1.54, 1.807) is 34.0 Å². The van der Waals surface area contributed by atoms with Crippen LogP contribution >= 0.6 is 0 Å². The number of non-ortho nitro benzene ring substituents is 1. The average molecular weight is 724 g/mol. The smallest absolute Gasteiger partial charge is 0.269 e. The van der Waals surface area contributed by atoms with Crippen molar-refractivity contribution in [1.82, 2.24) is 20.0 Å². The SMILES string of the molecule is C[C@H]1[C@H]([Si](C)(C)O)[C@@H](CCn2cc(CCO)nn2)O[C@]12C(=O)N(Cc1ccc(NC(=O)Cc3c[nH]c4ccccc34)cc1)c1ccc([N+](=O)[O-])cc12. The second-order valence-corrected chi connectivity index (χ2v) is 18.2. The number of aromatic nitrogens is 4. The van der Waals surface area contributed by atoms with Crippen molar-refractivity contribution in [2.24, 2.45) is 5.92 Å². The van der Waals surface area contributed by atoms with Crippen LogP contribution in [0.2, 0.25) is 18.6 Å². The van der Waals surface area contributed by atoms with Gasteiger partial charge in [-0.3, -0.25) is 24.4 Å². The van der Waals surface area contributed by atoms with Crippen molar-refractivity contribution in [3.05, 3.63) is 112 Å². The minimum atomic E-state index is -2.97. The van der Waals surface area contributed by atoms with Gasteiger partial charge in [0.25, 0.3) is 11.6 Å². The monoisotopic (exact) mass is 723 g/mol. The molecule has 3 aromatic carbocycles. The number of rotatable bonds is 12. The fourth-order valence-corrected chi connectivity index (χ4v) is 10.7. The average Bonchev–Trinajstić information content (AvgIpc) is 3.86. The number of ether oxygens (including phenoxy) is 1. The van der Waals surface area contributed by atoms with Crippen LogP contribution in [0.1, 0.15) is 35.7 Å². The minimum absolute atomic E-state index is 0.0474. The number of nitrogens with one attached hydrogen (secondary N) is 2. The van der Waals surface area contributed by atoms with E-state index < -0.39 is 30.9 Å². The van der Waals surface area contributed by atoms with Crippen LogP contribution in [-0.2, 0) is 45.9 Å². The molecule has 14 nitrogen and oxygen atoms in total. The summed E-state index contributed by atoms with van der Waals surface area (Å²) < 4.78 is 8.48. The summed E-state index contributed by atoms with van der Waals surface area (Å²) in [4.78, 5) is 55.5. The van der Waals surface area contributed by atoms with E-state index in [4.69, 9.17) is 4.74 Å². The Kier molecular flexibility index (Phi) is 9.29. The lowest BCUT2D eigenvalue weighted by molar-refractivity contribution is -0.385. The molecule has 4 heterocycles. The lowest BCUT2D eigenvalue weighted by Crippen LogP contribution is -2.46. The first kappa shape index (κ1) is 35.2. The number of fused-ring (bicyclic) bond motifs is 3. The zero-order valence-corrected chi connectivity index (χ0v) is 30.2. The van der Waals surface area contributed by atoms with Crippen molar-refractivity contribution in [2.75, 3.05) is 16.8 Å². The third-order valence-electron chi connectivity index (χ3n) is 10.4. The van der Waals surface area contributed by atoms with Gasteiger partial charge >= 0.3 is 0 Å². The third kappa shape index (κ3) is 6.40. The maximum Gasteiger partial charge on any atom is 0.269 e. The van der Waals surface area contributed by atoms with E-state index in [1.807, 2.05) is 62.6 Å². The van der Waals surface area contributed by atoms with E-state index >= 15 is 0 Å². The van der Waals surface area contributed by atoms with Crippen molar-refractivity contribution in [3.8, 4) is 0 Å². The highest BCUT2D eigenvalue weighted by Crippen LogP contribution is 2.60. The summed E-state index contributed by atoms with van der Waals surface area (Å²) in [5.41, 5.74) is 2.75. The largest absolute Gasteiger partial charge is 0.432 e. The van der Waals surface area contributed by atoms with Gasteiger partial charge in [0, 0.05) is 77.7 Å². The Morgan fingerprint density at radius 2 is 1.92 bits per heavy atom. The van der Waals surface area contributed by atoms with Gasteiger partial charge < -0.3 is 29.8 Å². The zero-order chi connectivity index (χ0) is 36.8. The van der Waals surface area contributed by atoms with Crippen LogP contribution in [0.15, 0.2) is 79.1 Å². The molecule has 2 amide bonds. The summed E-state index contributed by atoms with van der Waals surface area (Å²) in [6.07, 6.45) is 4.05. The molecule has 0 saturated carbocycles. The number of anilines is 2. The number of amides is 2. The molecular formula is C37H41N7O7Si. The predicted octanol–water partition coefficient (Wildman–Crippen LogP) is 4.82. The maximum absolute atomic E-state index is 14.8. The van der Waals surface area contributed by atoms with Gasteiger partial charge in [-0.1, -0.05) is 42.5 Å². The van der Waals surface area contributed by atoms with Gasteiger partial charge in [-0.25, -0.2) is 0 Å². The van der Waals surface area contributed by atoms with Crippen molar-refractivity contribution < 1.29 is 29.2 Å². The molecule has 7 rings (SSSR count). The van der Waals surface area contributed by atoms with Gasteiger partial charge in [-0.15, -0.1) is 5.10 Å². The number of nitro benzene ring substituents is 1. The highest BCUT2D eigenvalue weighted by atomic mass is 28.4. The Balaban J connectivity index is 1.13. The molecule has 2 aliphatic heterocycles. The van der Waals surface area contributed by atoms with Gasteiger partial charge in [0.15, 0.2) is 13.9 Å². The van der Waals surface area contributed by atoms with Crippen LogP contribution in [0, 0.1) is 16.0 Å². The van der Waals surface area contributed by atoms with Gasteiger partial charge in [0.2, 0.25) is 5.91 Å². The minimum Gasteiger partial charge on any atom is -0.432 e. The van der Waals surface area contributed by atoms with E-state index in [-0.39, 0.29) is 42.6 Å². The number of carbonyl (C=O) groups is 2. The molecule has 0 unspecified atom stereocenters. The van der Waals surface area contributed by atoms with E-state index in [0.29, 0.717) is 42.0 Å². The second kappa shape index (κ2) is 13.7. The predicted molar refractivity (Wildman–Crippen MR) is 196 cm³/mol. The molecule has 4 N–H and O–H groups in total. The van der Waals surface area contributed by atoms with Crippen LogP contribution in [0.3, 0.4) is 0 Å². The van der Waals surface area contributed by atoms with Crippen LogP contribution in [0.5, 0.6) is 0 Å². The molecule has 4 atom stereocenters. The maximum atomic E-state index is 14.8. The number of nitrogens with zero attached hydrogens (tertiary/aromatic N) is 5. The fourth-order valence-electron chi connectivity index (χ4n) is 8.07. The number of aliphatic hydroxyl groups excluding tert-OH is 1. The van der Waals surface area contributed by atoms with E-state index in [1.165, 1.54) is 12.1 Å². The number of aliphatic hydroxyl groups is 1. The molecule has 2 aromatic heterocycles. The molecule has 1 saturated heterocycles. The van der Waals surface area contributed by atoms with Crippen molar-refractivity contribution in [3.63, 3.8) is 0 Å². The first-order chi connectivity index (χ1) is 24.9. The zero-order valence-electron chi connectivity index (χ0n) is 29.2. The first-order valence-electron chi connectivity index (χ1n) is 17.3. The van der Waals surface area contributed by atoms with Gasteiger partial charge in [0.1, 0.15) is 0 Å². The number of carbonyl (C=O) groups excluding carboxylic acids is 2. The molecule has 0 bridgehead atoms. The quantitative estimate of drug-likeness (QED) is 0.0795. The van der Waals surface area contributed by atoms with Crippen LogP contribution < -0.4 is 10.2 Å². The van der Waals surface area contributed by atoms with E-state index in [9.17, 15) is 29.6 Å². The van der Waals surface area contributed by atoms with Gasteiger partial charge in [-0.05, 0) is 54.9 Å². The first-order valence-corrected chi connectivity index (χ1v) is 20.4. The number of hydrogen-bond donors (Lipinski definition) is 4. The van der Waals surface area contributed by atoms with Crippen LogP contribution in [0.25, 0.3) is 10.9 Å². The highest BCUT2D eigenvalue weighted by Gasteiger charge is 2.66. The van der Waals surface area contributed by atoms with E-state index in [0.717, 1.165) is 22.0 Å². The van der Waals surface area contributed by atoms with Crippen LogP contribution in [-0.4, -0.2) is 67.6 Å². The standard InChI is InChI=1S/C37H41N7O7Si/c1-23-35(52(2,3)50)33(14-16-42-22-27(15-17-45)40-41-42)51-37(23)30-19-28(44(48)49)12-13-32(30)43(36(37)47)21-24-8-10-26(11-9-24)39-34(46)18-25-20-38-31-7-5-4-6-29(25)31/h4-13,19-20,22-23,33,35,38,45,50H,14-18,21H2,1-3H3,(H,39,46)/t23-,33+,35-,37+/m0/s1. The van der Waals surface area contributed by atoms with Gasteiger partial charge in [0.05, 0.1) is 35.4 Å². The lowest BCUT2D eigenvalue weighted by atomic mass is 9.82. The number of hydrogen-bond acceptors (Lipinski definition) is 9. The van der Waals surface area contributed by atoms with Crippen molar-refractivity contribution >= 4 is 48.1 Å². The Morgan fingerprint density at radius 3 is 2.65 bits per heavy atom. The number of nitro groups is 1. The Morgan fingerprint density at radius 1 is 1.15 bits per heavy atom. The fraction of sp³-hybridized carbons (Fsp3) is 0.351. The third-order valence-corrected chi connectivity index (χ3v) is 12.9. The molecule has 1 spiro atoms. The number of aryl methyl sites for hydroxylation is 1. The molecular weight excluding hydrogens is 683 g/mol. The summed E-state index contributed by atoms with van der Waals surface area (Å²) in [5.74, 6) is -1.01. The molecule has 5 aromatic rings. The summed E-state index contributed by atoms with van der Waals surface area (Å²) >= 11 is 0. The number of H-pyrrole nitrogens is 1. The Labute approximate surface area is 300 Å². The second-order valence-electron chi connectivity index (χ2n) is 14.2. The molecule has 2 aliphatic rings. The topological polar surface area (TPSA) is 189 Å². The normalized spacial score (nSPS) is 21.3. The summed E-state index contributed by atoms with van der Waals surface area (Å²) in [6, 6.07) is 19.5. The Bertz CT molecular complexity index is 2140. The summed E-state index contributed by atoms with van der Waals surface area (Å²) in [7, 11) is -2.97. The Hall–Kier alpha value is -5.22.